The predicted octanol–water partition coefficient (Wildman–Crippen LogP) is 1.18. The van der Waals surface area contributed by atoms with Crippen molar-refractivity contribution in [3.05, 3.63) is 0 Å². The Kier molecular flexibility index (Phi) is 3.56. The summed E-state index contributed by atoms with van der Waals surface area (Å²) in [6, 6.07) is 0.934. The minimum Gasteiger partial charge on any atom is -0.388 e. The molecule has 2 bridgehead atoms. The molecular weight excluding hydrogens is 240 g/mol. The topological polar surface area (TPSA) is 61.4 Å². The van der Waals surface area contributed by atoms with Crippen molar-refractivity contribution in [2.45, 2.75) is 69.6 Å². The van der Waals surface area contributed by atoms with Crippen molar-refractivity contribution in [3.63, 3.8) is 0 Å². The third-order valence-corrected chi connectivity index (χ3v) is 5.30. The van der Waals surface area contributed by atoms with Crippen molar-refractivity contribution in [3.8, 4) is 0 Å². The zero-order chi connectivity index (χ0) is 13.5. The van der Waals surface area contributed by atoms with Crippen LogP contribution in [0.15, 0.2) is 0 Å². The number of carbonyl (C=O) groups is 1. The molecule has 1 saturated carbocycles. The molecule has 3 rings (SSSR count). The molecule has 19 heavy (non-hydrogen) atoms. The molecule has 0 spiro atoms. The Labute approximate surface area is 115 Å². The second-order valence-electron chi connectivity index (χ2n) is 7.03. The van der Waals surface area contributed by atoms with Gasteiger partial charge in [0.25, 0.3) is 0 Å². The first-order chi connectivity index (χ1) is 9.06. The van der Waals surface area contributed by atoms with E-state index in [-0.39, 0.29) is 11.8 Å². The van der Waals surface area contributed by atoms with Crippen LogP contribution in [0.25, 0.3) is 0 Å². The molecular formula is C15H26N2O2. The molecule has 5 unspecified atom stereocenters. The van der Waals surface area contributed by atoms with Crippen LogP contribution in [-0.2, 0) is 4.79 Å². The number of hydrogen-bond acceptors (Lipinski definition) is 3. The van der Waals surface area contributed by atoms with Crippen LogP contribution in [0.4, 0.5) is 0 Å². The summed E-state index contributed by atoms with van der Waals surface area (Å²) in [5, 5.41) is 17.0. The van der Waals surface area contributed by atoms with Crippen molar-refractivity contribution in [2.24, 2.45) is 11.8 Å². The fraction of sp³-hybridized carbons (Fsp3) is 0.933. The van der Waals surface area contributed by atoms with Gasteiger partial charge in [-0.1, -0.05) is 19.8 Å². The van der Waals surface area contributed by atoms with Gasteiger partial charge in [-0.25, -0.2) is 0 Å². The van der Waals surface area contributed by atoms with Crippen LogP contribution in [0.3, 0.4) is 0 Å². The summed E-state index contributed by atoms with van der Waals surface area (Å²) < 4.78 is 0. The van der Waals surface area contributed by atoms with Crippen molar-refractivity contribution in [2.75, 3.05) is 6.54 Å². The number of hydrogen-bond donors (Lipinski definition) is 3. The van der Waals surface area contributed by atoms with Gasteiger partial charge in [0.15, 0.2) is 0 Å². The number of amides is 1. The van der Waals surface area contributed by atoms with Crippen molar-refractivity contribution in [1.82, 2.24) is 10.6 Å². The van der Waals surface area contributed by atoms with E-state index in [1.807, 2.05) is 0 Å². The smallest absolute Gasteiger partial charge is 0.224 e. The molecule has 0 aromatic rings. The average Bonchev–Trinajstić information content (AvgIpc) is 2.98. The lowest BCUT2D eigenvalue weighted by molar-refractivity contribution is -0.127. The Balaban J connectivity index is 1.50. The van der Waals surface area contributed by atoms with E-state index in [9.17, 15) is 9.90 Å². The highest BCUT2D eigenvalue weighted by Crippen LogP contribution is 2.34. The minimum atomic E-state index is -0.668. The lowest BCUT2D eigenvalue weighted by Crippen LogP contribution is -2.48. The van der Waals surface area contributed by atoms with Crippen LogP contribution in [0.1, 0.15) is 51.9 Å². The maximum atomic E-state index is 12.2. The first-order valence-electron chi connectivity index (χ1n) is 7.82. The lowest BCUT2D eigenvalue weighted by Gasteiger charge is -2.36. The quantitative estimate of drug-likeness (QED) is 0.719. The molecule has 0 aromatic heterocycles. The zero-order valence-corrected chi connectivity index (χ0v) is 11.8. The summed E-state index contributed by atoms with van der Waals surface area (Å²) in [6.07, 6.45) is 7.25. The van der Waals surface area contributed by atoms with Gasteiger partial charge in [-0.3, -0.25) is 4.79 Å². The van der Waals surface area contributed by atoms with Crippen molar-refractivity contribution >= 4 is 5.91 Å². The van der Waals surface area contributed by atoms with Gasteiger partial charge in [0.2, 0.25) is 5.91 Å². The van der Waals surface area contributed by atoms with E-state index < -0.39 is 5.60 Å². The van der Waals surface area contributed by atoms with Crippen LogP contribution in [-0.4, -0.2) is 35.2 Å². The maximum Gasteiger partial charge on any atom is 0.224 e. The first-order valence-corrected chi connectivity index (χ1v) is 7.82. The van der Waals surface area contributed by atoms with E-state index in [0.717, 1.165) is 32.1 Å². The standard InChI is InChI=1S/C15H26N2O2/c1-10-3-2-6-15(19,8-10)9-16-14(18)12-7-11-4-5-13(12)17-11/h10-13,17,19H,2-9H2,1H3,(H,16,18). The molecule has 0 aromatic carbocycles. The van der Waals surface area contributed by atoms with Crippen molar-refractivity contribution < 1.29 is 9.90 Å². The predicted molar refractivity (Wildman–Crippen MR) is 73.6 cm³/mol. The Hall–Kier alpha value is -0.610. The molecule has 5 atom stereocenters. The summed E-state index contributed by atoms with van der Waals surface area (Å²) in [5.41, 5.74) is -0.668. The fourth-order valence-electron chi connectivity index (χ4n) is 4.29. The van der Waals surface area contributed by atoms with Gasteiger partial charge >= 0.3 is 0 Å². The molecule has 1 aliphatic carbocycles. The monoisotopic (exact) mass is 266 g/mol. The minimum absolute atomic E-state index is 0.128. The van der Waals surface area contributed by atoms with E-state index in [2.05, 4.69) is 17.6 Å². The van der Waals surface area contributed by atoms with E-state index in [1.54, 1.807) is 0 Å². The summed E-state index contributed by atoms with van der Waals surface area (Å²) in [6.45, 7) is 2.62. The first kappa shape index (κ1) is 13.4. The highest BCUT2D eigenvalue weighted by atomic mass is 16.3. The van der Waals surface area contributed by atoms with Gasteiger partial charge < -0.3 is 15.7 Å². The second-order valence-corrected chi connectivity index (χ2v) is 7.03. The van der Waals surface area contributed by atoms with Crippen LogP contribution >= 0.6 is 0 Å². The lowest BCUT2D eigenvalue weighted by atomic mass is 9.79. The third kappa shape index (κ3) is 2.79. The average molecular weight is 266 g/mol. The summed E-state index contributed by atoms with van der Waals surface area (Å²) in [4.78, 5) is 12.2. The summed E-state index contributed by atoms with van der Waals surface area (Å²) in [5.74, 6) is 0.842. The molecule has 2 heterocycles. The third-order valence-electron chi connectivity index (χ3n) is 5.30. The maximum absolute atomic E-state index is 12.2. The van der Waals surface area contributed by atoms with E-state index in [4.69, 9.17) is 0 Å². The Morgan fingerprint density at radius 2 is 2.26 bits per heavy atom. The molecule has 3 fully saturated rings. The number of aliphatic hydroxyl groups is 1. The van der Waals surface area contributed by atoms with Crippen LogP contribution in [0.2, 0.25) is 0 Å². The van der Waals surface area contributed by atoms with Crippen molar-refractivity contribution in [1.29, 1.82) is 0 Å². The molecule has 2 saturated heterocycles. The molecule has 3 aliphatic rings. The number of carbonyl (C=O) groups excluding carboxylic acids is 1. The molecule has 108 valence electrons. The molecule has 1 amide bonds. The summed E-state index contributed by atoms with van der Waals surface area (Å²) >= 11 is 0. The van der Waals surface area contributed by atoms with Gasteiger partial charge in [0.1, 0.15) is 0 Å². The number of nitrogens with one attached hydrogen (secondary N) is 2. The van der Waals surface area contributed by atoms with E-state index in [0.29, 0.717) is 24.5 Å². The largest absolute Gasteiger partial charge is 0.388 e. The van der Waals surface area contributed by atoms with Gasteiger partial charge in [-0.15, -0.1) is 0 Å². The molecule has 4 heteroatoms. The Bertz CT molecular complexity index is 360. The van der Waals surface area contributed by atoms with E-state index in [1.165, 1.54) is 12.8 Å². The molecule has 3 N–H and O–H groups in total. The highest BCUT2D eigenvalue weighted by molar-refractivity contribution is 5.80. The number of rotatable bonds is 3. The normalized spacial score (nSPS) is 45.4. The highest BCUT2D eigenvalue weighted by Gasteiger charge is 2.43. The Morgan fingerprint density at radius 1 is 1.42 bits per heavy atom. The van der Waals surface area contributed by atoms with E-state index >= 15 is 0 Å². The van der Waals surface area contributed by atoms with Crippen LogP contribution in [0, 0.1) is 11.8 Å². The van der Waals surface area contributed by atoms with Crippen LogP contribution < -0.4 is 10.6 Å². The van der Waals surface area contributed by atoms with Crippen LogP contribution in [0.5, 0.6) is 0 Å². The molecule has 0 radical (unpaired) electrons. The van der Waals surface area contributed by atoms with Gasteiger partial charge in [0, 0.05) is 18.6 Å². The van der Waals surface area contributed by atoms with Gasteiger partial charge in [-0.05, 0) is 38.0 Å². The van der Waals surface area contributed by atoms with Gasteiger partial charge in [-0.2, -0.15) is 0 Å². The fourth-order valence-corrected chi connectivity index (χ4v) is 4.29. The zero-order valence-electron chi connectivity index (χ0n) is 11.8. The SMILES string of the molecule is CC1CCCC(O)(CNC(=O)C2CC3CCC2N3)C1. The summed E-state index contributed by atoms with van der Waals surface area (Å²) in [7, 11) is 0. The second kappa shape index (κ2) is 5.06. The molecule has 4 nitrogen and oxygen atoms in total. The number of fused-ring (bicyclic) bond motifs is 2. The van der Waals surface area contributed by atoms with Gasteiger partial charge in [0.05, 0.1) is 11.5 Å². The Morgan fingerprint density at radius 3 is 2.89 bits per heavy atom. The molecule has 2 aliphatic heterocycles.